The van der Waals surface area contributed by atoms with E-state index in [9.17, 15) is 13.2 Å². The van der Waals surface area contributed by atoms with Gasteiger partial charge in [0.2, 0.25) is 10.0 Å². The van der Waals surface area contributed by atoms with Crippen LogP contribution in [-0.2, 0) is 10.0 Å². The fraction of sp³-hybridized carbons (Fsp3) is 0.588. The van der Waals surface area contributed by atoms with Crippen molar-refractivity contribution < 1.29 is 13.2 Å². The third kappa shape index (κ3) is 4.55. The summed E-state index contributed by atoms with van der Waals surface area (Å²) in [6.45, 7) is 3.45. The molecule has 0 aromatic heterocycles. The van der Waals surface area contributed by atoms with Gasteiger partial charge in [-0.15, -0.1) is 0 Å². The normalized spacial score (nSPS) is 24.5. The quantitative estimate of drug-likeness (QED) is 0.720. The number of sulfonamides is 1. The first-order valence-corrected chi connectivity index (χ1v) is 10.1. The summed E-state index contributed by atoms with van der Waals surface area (Å²) in [6.07, 6.45) is 3.93. The molecule has 2 fully saturated rings. The molecule has 1 aliphatic heterocycles. The van der Waals surface area contributed by atoms with Gasteiger partial charge < -0.3 is 10.6 Å². The van der Waals surface area contributed by atoms with Crippen molar-refractivity contribution >= 4 is 15.9 Å². The van der Waals surface area contributed by atoms with Crippen molar-refractivity contribution in [3.05, 3.63) is 29.8 Å². The van der Waals surface area contributed by atoms with Gasteiger partial charge in [0, 0.05) is 24.2 Å². The lowest BCUT2D eigenvalue weighted by atomic mass is 10.0. The molecule has 1 aromatic carbocycles. The van der Waals surface area contributed by atoms with Crippen LogP contribution in [0, 0.1) is 5.92 Å². The highest BCUT2D eigenvalue weighted by Crippen LogP contribution is 2.28. The number of piperidine rings is 1. The van der Waals surface area contributed by atoms with Crippen molar-refractivity contribution in [2.75, 3.05) is 13.1 Å². The first-order chi connectivity index (χ1) is 11.4. The number of rotatable bonds is 6. The molecule has 0 radical (unpaired) electrons. The predicted octanol–water partition coefficient (Wildman–Crippen LogP) is 1.25. The molecule has 7 heteroatoms. The van der Waals surface area contributed by atoms with E-state index in [1.807, 2.05) is 0 Å². The van der Waals surface area contributed by atoms with Crippen LogP contribution in [0.2, 0.25) is 0 Å². The molecule has 1 saturated carbocycles. The van der Waals surface area contributed by atoms with Gasteiger partial charge in [0.15, 0.2) is 0 Å². The summed E-state index contributed by atoms with van der Waals surface area (Å²) in [4.78, 5) is 12.6. The van der Waals surface area contributed by atoms with E-state index in [4.69, 9.17) is 0 Å². The van der Waals surface area contributed by atoms with Crippen molar-refractivity contribution in [2.24, 2.45) is 5.92 Å². The van der Waals surface area contributed by atoms with Gasteiger partial charge in [0.1, 0.15) is 0 Å². The lowest BCUT2D eigenvalue weighted by molar-refractivity contribution is 0.0925. The van der Waals surface area contributed by atoms with Gasteiger partial charge in [-0.3, -0.25) is 4.79 Å². The van der Waals surface area contributed by atoms with Crippen LogP contribution in [-0.4, -0.2) is 39.5 Å². The zero-order chi connectivity index (χ0) is 17.2. The van der Waals surface area contributed by atoms with Crippen molar-refractivity contribution in [2.45, 2.75) is 49.6 Å². The molecule has 24 heavy (non-hydrogen) atoms. The van der Waals surface area contributed by atoms with Crippen LogP contribution in [0.15, 0.2) is 29.2 Å². The van der Waals surface area contributed by atoms with E-state index in [2.05, 4.69) is 22.3 Å². The summed E-state index contributed by atoms with van der Waals surface area (Å²) in [5, 5.41) is 6.35. The molecule has 2 unspecified atom stereocenters. The van der Waals surface area contributed by atoms with Crippen molar-refractivity contribution in [3.8, 4) is 0 Å². The van der Waals surface area contributed by atoms with Gasteiger partial charge in [0.05, 0.1) is 4.90 Å². The molecule has 1 aromatic rings. The largest absolute Gasteiger partial charge is 0.349 e. The standard InChI is InChI=1S/C17H25N3O3S/c1-12-9-15(7-8-18-12)20-17(21)14-3-2-4-16(10-14)24(22,23)19-11-13-5-6-13/h2-4,10,12-13,15,18-19H,5-9,11H2,1H3,(H,20,21). The van der Waals surface area contributed by atoms with Crippen LogP contribution in [0.5, 0.6) is 0 Å². The molecule has 132 valence electrons. The molecule has 3 rings (SSSR count). The zero-order valence-corrected chi connectivity index (χ0v) is 14.7. The second-order valence-corrected chi connectivity index (χ2v) is 8.64. The average molecular weight is 351 g/mol. The summed E-state index contributed by atoms with van der Waals surface area (Å²) in [5.74, 6) is 0.251. The molecular formula is C17H25N3O3S. The number of hydrogen-bond acceptors (Lipinski definition) is 4. The summed E-state index contributed by atoms with van der Waals surface area (Å²) in [7, 11) is -3.55. The van der Waals surface area contributed by atoms with E-state index in [1.165, 1.54) is 12.1 Å². The van der Waals surface area contributed by atoms with Gasteiger partial charge in [-0.2, -0.15) is 0 Å². The molecule has 0 bridgehead atoms. The van der Waals surface area contributed by atoms with Gasteiger partial charge in [-0.1, -0.05) is 6.07 Å². The predicted molar refractivity (Wildman–Crippen MR) is 92.3 cm³/mol. The van der Waals surface area contributed by atoms with E-state index in [1.54, 1.807) is 12.1 Å². The molecule has 3 N–H and O–H groups in total. The number of amides is 1. The maximum atomic E-state index is 12.4. The van der Waals surface area contributed by atoms with Crippen LogP contribution in [0.3, 0.4) is 0 Å². The molecule has 2 aliphatic rings. The van der Waals surface area contributed by atoms with Crippen molar-refractivity contribution in [1.82, 2.24) is 15.4 Å². The van der Waals surface area contributed by atoms with E-state index < -0.39 is 10.0 Å². The maximum Gasteiger partial charge on any atom is 0.251 e. The first-order valence-electron chi connectivity index (χ1n) is 8.58. The molecule has 1 saturated heterocycles. The maximum absolute atomic E-state index is 12.4. The van der Waals surface area contributed by atoms with Crippen LogP contribution in [0.4, 0.5) is 0 Å². The van der Waals surface area contributed by atoms with Crippen LogP contribution in [0.25, 0.3) is 0 Å². The molecule has 1 heterocycles. The number of benzene rings is 1. The Morgan fingerprint density at radius 3 is 2.79 bits per heavy atom. The lowest BCUT2D eigenvalue weighted by Gasteiger charge is -2.28. The Labute approximate surface area is 143 Å². The monoisotopic (exact) mass is 351 g/mol. The minimum atomic E-state index is -3.55. The lowest BCUT2D eigenvalue weighted by Crippen LogP contribution is -2.46. The second kappa shape index (κ2) is 7.21. The second-order valence-electron chi connectivity index (χ2n) is 6.87. The molecule has 6 nitrogen and oxygen atoms in total. The zero-order valence-electron chi connectivity index (χ0n) is 13.9. The summed E-state index contributed by atoms with van der Waals surface area (Å²) in [6, 6.07) is 6.75. The molecule has 1 amide bonds. The smallest absolute Gasteiger partial charge is 0.251 e. The third-order valence-electron chi connectivity index (χ3n) is 4.62. The fourth-order valence-corrected chi connectivity index (χ4v) is 4.13. The molecular weight excluding hydrogens is 326 g/mol. The Balaban J connectivity index is 1.66. The van der Waals surface area contributed by atoms with Crippen molar-refractivity contribution in [1.29, 1.82) is 0 Å². The average Bonchev–Trinajstić information content (AvgIpc) is 3.38. The minimum Gasteiger partial charge on any atom is -0.349 e. The highest BCUT2D eigenvalue weighted by molar-refractivity contribution is 7.89. The Hall–Kier alpha value is -1.44. The molecule has 1 aliphatic carbocycles. The number of hydrogen-bond donors (Lipinski definition) is 3. The number of carbonyl (C=O) groups excluding carboxylic acids is 1. The van der Waals surface area contributed by atoms with Crippen LogP contribution in [0.1, 0.15) is 43.0 Å². The molecule has 0 spiro atoms. The van der Waals surface area contributed by atoms with E-state index in [-0.39, 0.29) is 16.8 Å². The van der Waals surface area contributed by atoms with Gasteiger partial charge in [0.25, 0.3) is 5.91 Å². The van der Waals surface area contributed by atoms with E-state index >= 15 is 0 Å². The highest BCUT2D eigenvalue weighted by atomic mass is 32.2. The van der Waals surface area contributed by atoms with Gasteiger partial charge in [-0.05, 0) is 63.3 Å². The minimum absolute atomic E-state index is 0.127. The summed E-state index contributed by atoms with van der Waals surface area (Å²) in [5.41, 5.74) is 0.385. The SMILES string of the molecule is CC1CC(NC(=O)c2cccc(S(=O)(=O)NCC3CC3)c2)CCN1. The van der Waals surface area contributed by atoms with Gasteiger partial charge >= 0.3 is 0 Å². The Morgan fingerprint density at radius 2 is 2.08 bits per heavy atom. The molecule has 2 atom stereocenters. The van der Waals surface area contributed by atoms with Crippen molar-refractivity contribution in [3.63, 3.8) is 0 Å². The number of nitrogens with one attached hydrogen (secondary N) is 3. The number of carbonyl (C=O) groups is 1. The van der Waals surface area contributed by atoms with Crippen LogP contribution < -0.4 is 15.4 Å². The van der Waals surface area contributed by atoms with E-state index in [0.717, 1.165) is 32.2 Å². The third-order valence-corrected chi connectivity index (χ3v) is 6.05. The van der Waals surface area contributed by atoms with Crippen LogP contribution >= 0.6 is 0 Å². The Bertz CT molecular complexity index is 701. The Morgan fingerprint density at radius 1 is 1.29 bits per heavy atom. The fourth-order valence-electron chi connectivity index (χ4n) is 2.97. The summed E-state index contributed by atoms with van der Waals surface area (Å²) >= 11 is 0. The van der Waals surface area contributed by atoms with E-state index in [0.29, 0.717) is 24.1 Å². The van der Waals surface area contributed by atoms with Gasteiger partial charge in [-0.25, -0.2) is 13.1 Å². The topological polar surface area (TPSA) is 87.3 Å². The Kier molecular flexibility index (Phi) is 5.22. The highest BCUT2D eigenvalue weighted by Gasteiger charge is 2.25. The summed E-state index contributed by atoms with van der Waals surface area (Å²) < 4.78 is 27.3. The first kappa shape index (κ1) is 17.4.